The van der Waals surface area contributed by atoms with Gasteiger partial charge in [-0.1, -0.05) is 30.0 Å². The molecule has 0 rings (SSSR count). The SMILES string of the molecule is C/C=C(\C)CC(C)/C=C(\C)P. The van der Waals surface area contributed by atoms with Crippen LogP contribution in [-0.2, 0) is 0 Å². The van der Waals surface area contributed by atoms with Crippen molar-refractivity contribution in [2.45, 2.75) is 34.1 Å². The molecule has 0 nitrogen and oxygen atoms in total. The van der Waals surface area contributed by atoms with Gasteiger partial charge in [-0.3, -0.25) is 0 Å². The summed E-state index contributed by atoms with van der Waals surface area (Å²) in [4.78, 5) is 0. The Morgan fingerprint density at radius 2 is 2.00 bits per heavy atom. The van der Waals surface area contributed by atoms with Gasteiger partial charge in [-0.15, -0.1) is 9.24 Å². The maximum absolute atomic E-state index is 2.72. The lowest BCUT2D eigenvalue weighted by molar-refractivity contribution is 0.713. The van der Waals surface area contributed by atoms with E-state index in [0.717, 1.165) is 0 Å². The van der Waals surface area contributed by atoms with Gasteiger partial charge in [0.05, 0.1) is 0 Å². The van der Waals surface area contributed by atoms with Crippen LogP contribution in [0.15, 0.2) is 23.0 Å². The first-order valence-corrected chi connectivity index (χ1v) is 4.69. The minimum absolute atomic E-state index is 0.670. The quantitative estimate of drug-likeness (QED) is 0.447. The number of hydrogen-bond donors (Lipinski definition) is 0. The molecule has 64 valence electrons. The fourth-order valence-electron chi connectivity index (χ4n) is 1.13. The van der Waals surface area contributed by atoms with Gasteiger partial charge >= 0.3 is 0 Å². The van der Waals surface area contributed by atoms with Crippen LogP contribution in [0.5, 0.6) is 0 Å². The summed E-state index contributed by atoms with van der Waals surface area (Å²) in [6.07, 6.45) is 5.66. The fourth-order valence-corrected chi connectivity index (χ4v) is 1.46. The average molecular weight is 170 g/mol. The molecule has 0 heterocycles. The predicted molar refractivity (Wildman–Crippen MR) is 56.7 cm³/mol. The van der Waals surface area contributed by atoms with E-state index in [2.05, 4.69) is 49.1 Å². The van der Waals surface area contributed by atoms with Crippen molar-refractivity contribution in [3.8, 4) is 0 Å². The highest BCUT2D eigenvalue weighted by atomic mass is 31.0. The van der Waals surface area contributed by atoms with Gasteiger partial charge in [-0.2, -0.15) is 0 Å². The highest BCUT2D eigenvalue weighted by molar-refractivity contribution is 7.22. The summed E-state index contributed by atoms with van der Waals surface area (Å²) < 4.78 is 0. The topological polar surface area (TPSA) is 0 Å². The van der Waals surface area contributed by atoms with E-state index >= 15 is 0 Å². The average Bonchev–Trinajstić information content (AvgIpc) is 1.85. The molecule has 0 aliphatic carbocycles. The Labute approximate surface area is 73.0 Å². The Morgan fingerprint density at radius 3 is 2.36 bits per heavy atom. The third-order valence-corrected chi connectivity index (χ3v) is 1.88. The van der Waals surface area contributed by atoms with Crippen LogP contribution in [0.4, 0.5) is 0 Å². The van der Waals surface area contributed by atoms with Crippen molar-refractivity contribution < 1.29 is 0 Å². The monoisotopic (exact) mass is 170 g/mol. The zero-order valence-electron chi connectivity index (χ0n) is 8.02. The van der Waals surface area contributed by atoms with Crippen LogP contribution in [-0.4, -0.2) is 0 Å². The van der Waals surface area contributed by atoms with Crippen LogP contribution in [0.1, 0.15) is 34.1 Å². The molecule has 0 fully saturated rings. The van der Waals surface area contributed by atoms with Gasteiger partial charge in [0, 0.05) is 0 Å². The number of hydrogen-bond acceptors (Lipinski definition) is 0. The van der Waals surface area contributed by atoms with Gasteiger partial charge in [-0.05, 0) is 33.1 Å². The van der Waals surface area contributed by atoms with Crippen LogP contribution in [0.3, 0.4) is 0 Å². The highest BCUT2D eigenvalue weighted by Crippen LogP contribution is 2.15. The number of allylic oxidation sites excluding steroid dienone is 4. The zero-order valence-corrected chi connectivity index (χ0v) is 9.17. The van der Waals surface area contributed by atoms with Gasteiger partial charge in [0.25, 0.3) is 0 Å². The molecular formula is C10H19P. The van der Waals surface area contributed by atoms with E-state index in [-0.39, 0.29) is 0 Å². The standard InChI is InChI=1S/C10H19P/c1-5-8(2)6-9(3)7-10(4)11/h5,7,9H,6,11H2,1-4H3/b8-5+,10-7+. The van der Waals surface area contributed by atoms with E-state index < -0.39 is 0 Å². The first kappa shape index (κ1) is 10.9. The molecule has 0 amide bonds. The maximum Gasteiger partial charge on any atom is -0.0219 e. The van der Waals surface area contributed by atoms with Crippen molar-refractivity contribution in [3.05, 3.63) is 23.0 Å². The Balaban J connectivity index is 3.88. The van der Waals surface area contributed by atoms with E-state index in [9.17, 15) is 0 Å². The second-order valence-electron chi connectivity index (χ2n) is 3.23. The maximum atomic E-state index is 2.72. The van der Waals surface area contributed by atoms with Crippen molar-refractivity contribution in [2.75, 3.05) is 0 Å². The minimum Gasteiger partial charge on any atom is -0.111 e. The van der Waals surface area contributed by atoms with Gasteiger partial charge in [-0.25, -0.2) is 0 Å². The van der Waals surface area contributed by atoms with E-state index in [0.29, 0.717) is 5.92 Å². The van der Waals surface area contributed by atoms with Crippen LogP contribution in [0, 0.1) is 5.92 Å². The Morgan fingerprint density at radius 1 is 1.45 bits per heavy atom. The molecule has 0 saturated carbocycles. The summed E-state index contributed by atoms with van der Waals surface area (Å²) in [5.74, 6) is 0.670. The molecule has 0 saturated heterocycles. The molecular weight excluding hydrogens is 151 g/mol. The first-order chi connectivity index (χ1) is 5.06. The highest BCUT2D eigenvalue weighted by Gasteiger charge is 1.97. The Hall–Kier alpha value is -0.0900. The fraction of sp³-hybridized carbons (Fsp3) is 0.600. The van der Waals surface area contributed by atoms with Gasteiger partial charge in [0.1, 0.15) is 0 Å². The summed E-state index contributed by atoms with van der Waals surface area (Å²) in [5.41, 5.74) is 1.47. The van der Waals surface area contributed by atoms with Gasteiger partial charge < -0.3 is 0 Å². The van der Waals surface area contributed by atoms with E-state index in [1.807, 2.05) is 0 Å². The van der Waals surface area contributed by atoms with Gasteiger partial charge in [0.15, 0.2) is 0 Å². The normalized spacial score (nSPS) is 16.8. The third kappa shape index (κ3) is 6.31. The van der Waals surface area contributed by atoms with Crippen LogP contribution < -0.4 is 0 Å². The summed E-state index contributed by atoms with van der Waals surface area (Å²) >= 11 is 0. The van der Waals surface area contributed by atoms with Crippen LogP contribution in [0.25, 0.3) is 0 Å². The van der Waals surface area contributed by atoms with Crippen molar-refractivity contribution in [1.29, 1.82) is 0 Å². The van der Waals surface area contributed by atoms with Crippen molar-refractivity contribution in [1.82, 2.24) is 0 Å². The van der Waals surface area contributed by atoms with Crippen molar-refractivity contribution in [3.63, 3.8) is 0 Å². The second kappa shape index (κ2) is 5.55. The van der Waals surface area contributed by atoms with Crippen LogP contribution in [0.2, 0.25) is 0 Å². The van der Waals surface area contributed by atoms with Crippen molar-refractivity contribution >= 4 is 9.24 Å². The van der Waals surface area contributed by atoms with Crippen molar-refractivity contribution in [2.24, 2.45) is 5.92 Å². The summed E-state index contributed by atoms with van der Waals surface area (Å²) in [6.45, 7) is 8.65. The molecule has 0 aromatic rings. The minimum atomic E-state index is 0.670. The molecule has 0 aromatic carbocycles. The molecule has 0 bridgehead atoms. The Kier molecular flexibility index (Phi) is 5.50. The molecule has 0 aliphatic rings. The largest absolute Gasteiger partial charge is 0.111 e. The van der Waals surface area contributed by atoms with E-state index in [4.69, 9.17) is 0 Å². The summed E-state index contributed by atoms with van der Waals surface area (Å²) in [5, 5.41) is 1.33. The molecule has 0 aliphatic heterocycles. The van der Waals surface area contributed by atoms with E-state index in [1.54, 1.807) is 0 Å². The molecule has 0 N–H and O–H groups in total. The number of rotatable bonds is 3. The Bertz CT molecular complexity index is 162. The lowest BCUT2D eigenvalue weighted by Crippen LogP contribution is -1.90. The first-order valence-electron chi connectivity index (χ1n) is 4.12. The third-order valence-electron chi connectivity index (χ3n) is 1.68. The van der Waals surface area contributed by atoms with E-state index in [1.165, 1.54) is 17.3 Å². The smallest absolute Gasteiger partial charge is 0.0219 e. The zero-order chi connectivity index (χ0) is 8.85. The lowest BCUT2D eigenvalue weighted by atomic mass is 10.0. The van der Waals surface area contributed by atoms with Gasteiger partial charge in [0.2, 0.25) is 0 Å². The molecule has 0 radical (unpaired) electrons. The van der Waals surface area contributed by atoms with Crippen LogP contribution >= 0.6 is 9.24 Å². The lowest BCUT2D eigenvalue weighted by Gasteiger charge is -2.06. The molecule has 0 spiro atoms. The molecule has 1 heteroatoms. The second-order valence-corrected chi connectivity index (χ2v) is 4.14. The summed E-state index contributed by atoms with van der Waals surface area (Å²) in [6, 6.07) is 0. The molecule has 2 atom stereocenters. The molecule has 0 aromatic heterocycles. The molecule has 2 unspecified atom stereocenters. The summed E-state index contributed by atoms with van der Waals surface area (Å²) in [7, 11) is 2.72. The predicted octanol–water partition coefficient (Wildman–Crippen LogP) is 3.76. The molecule has 11 heavy (non-hydrogen) atoms.